The Morgan fingerprint density at radius 2 is 1.56 bits per heavy atom. The highest BCUT2D eigenvalue weighted by molar-refractivity contribution is 5.93. The number of fused-ring (bicyclic) bond motifs is 1. The Kier molecular flexibility index (Phi) is 8.28. The number of aliphatic carboxylic acids is 1. The summed E-state index contributed by atoms with van der Waals surface area (Å²) in [5, 5.41) is 12.2. The molecule has 1 amide bonds. The van der Waals surface area contributed by atoms with Gasteiger partial charge in [0.05, 0.1) is 12.8 Å². The maximum atomic E-state index is 14.0. The van der Waals surface area contributed by atoms with Crippen molar-refractivity contribution >= 4 is 34.6 Å². The molecule has 0 radical (unpaired) electrons. The summed E-state index contributed by atoms with van der Waals surface area (Å²) in [6, 6.07) is 16.7. The molecule has 3 aromatic carbocycles. The maximum Gasteiger partial charge on any atom is 0.408 e. The number of carboxylic acids is 1. The van der Waals surface area contributed by atoms with E-state index in [9.17, 15) is 23.6 Å². The third-order valence-corrected chi connectivity index (χ3v) is 4.94. The molecule has 34 heavy (non-hydrogen) atoms. The number of carbonyl (C=O) groups is 4. The van der Waals surface area contributed by atoms with Gasteiger partial charge in [-0.25, -0.2) is 9.18 Å². The van der Waals surface area contributed by atoms with Crippen molar-refractivity contribution in [2.75, 3.05) is 6.61 Å². The first-order valence-electron chi connectivity index (χ1n) is 10.4. The number of carbonyl (C=O) groups excluding carboxylic acids is 3. The Hall–Kier alpha value is -4.27. The lowest BCUT2D eigenvalue weighted by Gasteiger charge is -2.16. The first-order valence-corrected chi connectivity index (χ1v) is 10.4. The Morgan fingerprint density at radius 1 is 0.882 bits per heavy atom. The second-order valence-electron chi connectivity index (χ2n) is 7.41. The first kappa shape index (κ1) is 24.4. The lowest BCUT2D eigenvalue weighted by molar-refractivity contribution is -0.148. The fourth-order valence-electron chi connectivity index (χ4n) is 3.26. The van der Waals surface area contributed by atoms with E-state index in [1.807, 2.05) is 0 Å². The molecule has 0 heterocycles. The van der Waals surface area contributed by atoms with Gasteiger partial charge in [0.15, 0.2) is 12.4 Å². The van der Waals surface area contributed by atoms with Gasteiger partial charge in [-0.15, -0.1) is 0 Å². The van der Waals surface area contributed by atoms with Crippen molar-refractivity contribution in [2.45, 2.75) is 25.5 Å². The van der Waals surface area contributed by atoms with Crippen LogP contribution in [0.5, 0.6) is 0 Å². The third-order valence-electron chi connectivity index (χ3n) is 4.94. The first-order chi connectivity index (χ1) is 16.3. The molecule has 8 nitrogen and oxygen atoms in total. The normalized spacial score (nSPS) is 11.4. The molecule has 0 fully saturated rings. The fourth-order valence-corrected chi connectivity index (χ4v) is 3.26. The average molecular weight is 467 g/mol. The molecule has 3 rings (SSSR count). The maximum absolute atomic E-state index is 14.0. The zero-order valence-corrected chi connectivity index (χ0v) is 18.0. The Bertz CT molecular complexity index is 1200. The van der Waals surface area contributed by atoms with E-state index in [1.54, 1.807) is 54.6 Å². The molecule has 0 aliphatic carbocycles. The molecule has 2 N–H and O–H groups in total. The van der Waals surface area contributed by atoms with Crippen LogP contribution in [0.25, 0.3) is 10.8 Å². The molecular formula is C25H22FNO7. The third kappa shape index (κ3) is 6.86. The number of rotatable bonds is 10. The van der Waals surface area contributed by atoms with Crippen molar-refractivity contribution in [3.05, 3.63) is 83.7 Å². The van der Waals surface area contributed by atoms with Crippen LogP contribution in [0.1, 0.15) is 17.5 Å². The predicted octanol–water partition coefficient (Wildman–Crippen LogP) is 3.40. The zero-order valence-electron chi connectivity index (χ0n) is 18.0. The minimum absolute atomic E-state index is 0.0682. The standard InChI is InChI=1S/C25H22FNO7/c26-20-11-10-17(18-8-4-5-9-19(18)20)12-24(31)33-15-22(28)21(13-23(29)30)27-25(32)34-14-16-6-2-1-3-7-16/h1-11,21H,12-15H2,(H,27,32)(H,29,30). The van der Waals surface area contributed by atoms with Crippen LogP contribution in [0.3, 0.4) is 0 Å². The van der Waals surface area contributed by atoms with Gasteiger partial charge in [0.25, 0.3) is 0 Å². The number of hydrogen-bond acceptors (Lipinski definition) is 6. The van der Waals surface area contributed by atoms with Crippen molar-refractivity contribution < 1.29 is 38.1 Å². The average Bonchev–Trinajstić information content (AvgIpc) is 2.83. The van der Waals surface area contributed by atoms with Gasteiger partial charge in [0.2, 0.25) is 0 Å². The van der Waals surface area contributed by atoms with Gasteiger partial charge in [0, 0.05) is 5.39 Å². The number of esters is 1. The van der Waals surface area contributed by atoms with E-state index in [2.05, 4.69) is 5.32 Å². The van der Waals surface area contributed by atoms with E-state index in [4.69, 9.17) is 14.6 Å². The number of ether oxygens (including phenoxy) is 2. The highest BCUT2D eigenvalue weighted by atomic mass is 19.1. The number of alkyl carbamates (subject to hydrolysis) is 1. The molecule has 0 bridgehead atoms. The van der Waals surface area contributed by atoms with Gasteiger partial charge < -0.3 is 19.9 Å². The molecular weight excluding hydrogens is 445 g/mol. The summed E-state index contributed by atoms with van der Waals surface area (Å²) in [6.07, 6.45) is -1.91. The van der Waals surface area contributed by atoms with Crippen LogP contribution >= 0.6 is 0 Å². The van der Waals surface area contributed by atoms with Crippen LogP contribution in [0.2, 0.25) is 0 Å². The second kappa shape index (κ2) is 11.6. The molecule has 3 aromatic rings. The summed E-state index contributed by atoms with van der Waals surface area (Å²) in [5.41, 5.74) is 1.22. The smallest absolute Gasteiger partial charge is 0.408 e. The van der Waals surface area contributed by atoms with E-state index < -0.39 is 48.7 Å². The Balaban J connectivity index is 1.55. The summed E-state index contributed by atoms with van der Waals surface area (Å²) in [4.78, 5) is 47.9. The highest BCUT2D eigenvalue weighted by Crippen LogP contribution is 2.22. The van der Waals surface area contributed by atoms with Gasteiger partial charge >= 0.3 is 18.0 Å². The van der Waals surface area contributed by atoms with Gasteiger partial charge in [-0.2, -0.15) is 0 Å². The van der Waals surface area contributed by atoms with E-state index in [1.165, 1.54) is 12.1 Å². The Labute approximate surface area is 194 Å². The molecule has 0 saturated heterocycles. The lowest BCUT2D eigenvalue weighted by Crippen LogP contribution is -2.44. The van der Waals surface area contributed by atoms with Crippen LogP contribution in [0.4, 0.5) is 9.18 Å². The number of amides is 1. The van der Waals surface area contributed by atoms with Gasteiger partial charge in [-0.05, 0) is 22.6 Å². The molecule has 0 spiro atoms. The van der Waals surface area contributed by atoms with Crippen molar-refractivity contribution in [1.82, 2.24) is 5.32 Å². The Morgan fingerprint density at radius 3 is 2.26 bits per heavy atom. The summed E-state index contributed by atoms with van der Waals surface area (Å²) < 4.78 is 24.0. The molecule has 1 atom stereocenters. The molecule has 9 heteroatoms. The number of carboxylic acid groups (broad SMARTS) is 1. The quantitative estimate of drug-likeness (QED) is 0.439. The van der Waals surface area contributed by atoms with Crippen molar-refractivity contribution in [2.24, 2.45) is 0 Å². The molecule has 0 saturated carbocycles. The van der Waals surface area contributed by atoms with E-state index >= 15 is 0 Å². The minimum atomic E-state index is -1.44. The number of ketones is 1. The number of benzene rings is 3. The van der Waals surface area contributed by atoms with Gasteiger partial charge in [-0.1, -0.05) is 60.7 Å². The lowest BCUT2D eigenvalue weighted by atomic mass is 10.0. The highest BCUT2D eigenvalue weighted by Gasteiger charge is 2.25. The van der Waals surface area contributed by atoms with Crippen LogP contribution in [-0.2, 0) is 36.9 Å². The molecule has 1 unspecified atom stereocenters. The largest absolute Gasteiger partial charge is 0.481 e. The van der Waals surface area contributed by atoms with E-state index in [0.29, 0.717) is 21.9 Å². The summed E-state index contributed by atoms with van der Waals surface area (Å²) >= 11 is 0. The SMILES string of the molecule is O=C(O)CC(NC(=O)OCc1ccccc1)C(=O)COC(=O)Cc1ccc(F)c2ccccc12. The monoisotopic (exact) mass is 467 g/mol. The zero-order chi connectivity index (χ0) is 24.5. The van der Waals surface area contributed by atoms with Crippen LogP contribution < -0.4 is 5.32 Å². The van der Waals surface area contributed by atoms with Crippen LogP contribution in [0.15, 0.2) is 66.7 Å². The van der Waals surface area contributed by atoms with Crippen LogP contribution in [0, 0.1) is 5.82 Å². The summed E-state index contributed by atoms with van der Waals surface area (Å²) in [5.74, 6) is -3.32. The topological polar surface area (TPSA) is 119 Å². The second-order valence-corrected chi connectivity index (χ2v) is 7.41. The number of Topliss-reactive ketones (excluding diaryl/α,β-unsaturated/α-hetero) is 1. The minimum Gasteiger partial charge on any atom is -0.481 e. The van der Waals surface area contributed by atoms with Crippen LogP contribution in [-0.4, -0.2) is 41.6 Å². The van der Waals surface area contributed by atoms with Crippen molar-refractivity contribution in [3.8, 4) is 0 Å². The predicted molar refractivity (Wildman–Crippen MR) is 119 cm³/mol. The number of halogens is 1. The van der Waals surface area contributed by atoms with Gasteiger partial charge in [-0.3, -0.25) is 14.4 Å². The number of hydrogen-bond donors (Lipinski definition) is 2. The fraction of sp³-hybridized carbons (Fsp3) is 0.200. The molecule has 0 aromatic heterocycles. The van der Waals surface area contributed by atoms with E-state index in [0.717, 1.165) is 0 Å². The summed E-state index contributed by atoms with van der Waals surface area (Å²) in [7, 11) is 0. The van der Waals surface area contributed by atoms with Gasteiger partial charge in [0.1, 0.15) is 18.5 Å². The van der Waals surface area contributed by atoms with E-state index in [-0.39, 0.29) is 13.0 Å². The summed E-state index contributed by atoms with van der Waals surface area (Å²) in [6.45, 7) is -0.809. The molecule has 176 valence electrons. The molecule has 0 aliphatic rings. The van der Waals surface area contributed by atoms with Crippen molar-refractivity contribution in [3.63, 3.8) is 0 Å². The van der Waals surface area contributed by atoms with Crippen molar-refractivity contribution in [1.29, 1.82) is 0 Å². The number of nitrogens with one attached hydrogen (secondary N) is 1. The molecule has 0 aliphatic heterocycles.